The number of ether oxygens (including phenoxy) is 2. The molecule has 0 aliphatic rings. The van der Waals surface area contributed by atoms with E-state index in [1.165, 1.54) is 51.4 Å². The molecule has 0 aromatic rings. The highest BCUT2D eigenvalue weighted by Gasteiger charge is 2.21. The molecule has 0 aromatic heterocycles. The van der Waals surface area contributed by atoms with Crippen LogP contribution in [0.5, 0.6) is 0 Å². The number of esters is 2. The fourth-order valence-corrected chi connectivity index (χ4v) is 4.12. The van der Waals surface area contributed by atoms with Gasteiger partial charge >= 0.3 is 11.9 Å². The third-order valence-electron chi connectivity index (χ3n) is 5.60. The van der Waals surface area contributed by atoms with Gasteiger partial charge in [0.25, 0.3) is 7.82 Å². The minimum Gasteiger partial charge on any atom is -0.756 e. The van der Waals surface area contributed by atoms with Crippen LogP contribution in [0.4, 0.5) is 0 Å². The second kappa shape index (κ2) is 21.0. The zero-order chi connectivity index (χ0) is 27.3. The van der Waals surface area contributed by atoms with Crippen LogP contribution < -0.4 is 4.89 Å². The molecule has 2 unspecified atom stereocenters. The first kappa shape index (κ1) is 35.0. The van der Waals surface area contributed by atoms with Crippen molar-refractivity contribution in [2.24, 2.45) is 0 Å². The molecule has 0 radical (unpaired) electrons. The van der Waals surface area contributed by atoms with Gasteiger partial charge in [0.2, 0.25) is 0 Å². The standard InChI is InChI=1S/C26H52NO8P/c1-6-8-9-10-11-12-13-14-15-16-17-19-26(29)35-24(22-32-25(28)18-7-2)23-34-36(30,31)33-21-20-27(3,4)5/h24H,6-23H2,1-5H3. The Morgan fingerprint density at radius 3 is 1.83 bits per heavy atom. The summed E-state index contributed by atoms with van der Waals surface area (Å²) in [5.74, 6) is -0.897. The number of quaternary nitrogens is 1. The number of phosphoric acid groups is 1. The van der Waals surface area contributed by atoms with Crippen LogP contribution in [0.25, 0.3) is 0 Å². The van der Waals surface area contributed by atoms with Crippen LogP contribution in [0.2, 0.25) is 0 Å². The molecule has 0 saturated heterocycles. The molecule has 0 saturated carbocycles. The number of carbonyl (C=O) groups is 2. The lowest BCUT2D eigenvalue weighted by molar-refractivity contribution is -0.870. The summed E-state index contributed by atoms with van der Waals surface area (Å²) in [6.07, 6.45) is 13.0. The topological polar surface area (TPSA) is 111 Å². The molecule has 0 fully saturated rings. The van der Waals surface area contributed by atoms with Gasteiger partial charge in [0, 0.05) is 12.8 Å². The maximum Gasteiger partial charge on any atom is 0.306 e. The van der Waals surface area contributed by atoms with Gasteiger partial charge in [0.1, 0.15) is 19.8 Å². The van der Waals surface area contributed by atoms with E-state index in [4.69, 9.17) is 18.5 Å². The third-order valence-corrected chi connectivity index (χ3v) is 6.56. The number of nitrogens with zero attached hydrogens (tertiary/aromatic N) is 1. The number of rotatable bonds is 24. The van der Waals surface area contributed by atoms with E-state index in [2.05, 4.69) is 6.92 Å². The van der Waals surface area contributed by atoms with Crippen molar-refractivity contribution in [3.63, 3.8) is 0 Å². The lowest BCUT2D eigenvalue weighted by Gasteiger charge is -2.28. The Morgan fingerprint density at radius 1 is 0.750 bits per heavy atom. The molecule has 36 heavy (non-hydrogen) atoms. The highest BCUT2D eigenvalue weighted by Crippen LogP contribution is 2.38. The molecular weight excluding hydrogens is 485 g/mol. The molecule has 0 aliphatic carbocycles. The summed E-state index contributed by atoms with van der Waals surface area (Å²) in [5.41, 5.74) is 0. The van der Waals surface area contributed by atoms with Gasteiger partial charge in [0.05, 0.1) is 27.7 Å². The molecule has 0 aliphatic heterocycles. The molecule has 0 amide bonds. The van der Waals surface area contributed by atoms with Crippen molar-refractivity contribution in [3.8, 4) is 0 Å². The van der Waals surface area contributed by atoms with Crippen LogP contribution in [0.15, 0.2) is 0 Å². The Morgan fingerprint density at radius 2 is 1.31 bits per heavy atom. The van der Waals surface area contributed by atoms with Crippen molar-refractivity contribution >= 4 is 19.8 Å². The SMILES string of the molecule is CCCCCCCCCCCCCC(=O)OC(COC(=O)CCC)COP(=O)([O-])OCC[N+](C)(C)C. The monoisotopic (exact) mass is 537 g/mol. The number of hydrogen-bond donors (Lipinski definition) is 0. The molecule has 0 heterocycles. The quantitative estimate of drug-likeness (QED) is 0.0719. The normalized spacial score (nSPS) is 14.3. The zero-order valence-corrected chi connectivity index (χ0v) is 24.4. The number of unbranched alkanes of at least 4 members (excludes halogenated alkanes) is 10. The molecule has 0 rings (SSSR count). The summed E-state index contributed by atoms with van der Waals surface area (Å²) in [6, 6.07) is 0. The summed E-state index contributed by atoms with van der Waals surface area (Å²) in [5, 5.41) is 0. The summed E-state index contributed by atoms with van der Waals surface area (Å²) in [7, 11) is 1.16. The lowest BCUT2D eigenvalue weighted by Crippen LogP contribution is -2.37. The molecule has 0 N–H and O–H groups in total. The molecule has 0 spiro atoms. The first-order valence-corrected chi connectivity index (χ1v) is 15.2. The second-order valence-electron chi connectivity index (χ2n) is 10.4. The average molecular weight is 538 g/mol. The summed E-state index contributed by atoms with van der Waals surface area (Å²) in [6.45, 7) is 3.79. The Bertz CT molecular complexity index is 624. The van der Waals surface area contributed by atoms with E-state index in [-0.39, 0.29) is 26.1 Å². The minimum absolute atomic E-state index is 0.0287. The van der Waals surface area contributed by atoms with E-state index in [1.807, 2.05) is 28.1 Å². The largest absolute Gasteiger partial charge is 0.756 e. The van der Waals surface area contributed by atoms with E-state index in [0.717, 1.165) is 12.8 Å². The van der Waals surface area contributed by atoms with Gasteiger partial charge in [0.15, 0.2) is 6.10 Å². The van der Waals surface area contributed by atoms with Gasteiger partial charge in [-0.15, -0.1) is 0 Å². The lowest BCUT2D eigenvalue weighted by atomic mass is 10.1. The minimum atomic E-state index is -4.58. The van der Waals surface area contributed by atoms with E-state index in [1.54, 1.807) is 0 Å². The van der Waals surface area contributed by atoms with E-state index in [9.17, 15) is 19.0 Å². The number of likely N-dealkylation sites (N-methyl/N-ethyl adjacent to an activating group) is 1. The molecule has 10 heteroatoms. The smallest absolute Gasteiger partial charge is 0.306 e. The van der Waals surface area contributed by atoms with Crippen LogP contribution in [-0.2, 0) is 32.7 Å². The van der Waals surface area contributed by atoms with Crippen LogP contribution >= 0.6 is 7.82 Å². The number of hydrogen-bond acceptors (Lipinski definition) is 8. The van der Waals surface area contributed by atoms with Gasteiger partial charge in [-0.2, -0.15) is 0 Å². The van der Waals surface area contributed by atoms with Crippen LogP contribution in [0, 0.1) is 0 Å². The van der Waals surface area contributed by atoms with Crippen LogP contribution in [-0.4, -0.2) is 70.0 Å². The molecule has 0 bridgehead atoms. The van der Waals surface area contributed by atoms with Crippen molar-refractivity contribution in [1.29, 1.82) is 0 Å². The molecule has 2 atom stereocenters. The first-order chi connectivity index (χ1) is 17.0. The van der Waals surface area contributed by atoms with Gasteiger partial charge in [-0.3, -0.25) is 14.2 Å². The molecule has 9 nitrogen and oxygen atoms in total. The zero-order valence-electron chi connectivity index (χ0n) is 23.5. The van der Waals surface area contributed by atoms with E-state index in [0.29, 0.717) is 23.9 Å². The Balaban J connectivity index is 4.33. The summed E-state index contributed by atoms with van der Waals surface area (Å²) < 4.78 is 32.9. The fraction of sp³-hybridized carbons (Fsp3) is 0.923. The average Bonchev–Trinajstić information content (AvgIpc) is 2.78. The van der Waals surface area contributed by atoms with Crippen molar-refractivity contribution < 1.29 is 42.1 Å². The number of carbonyl (C=O) groups excluding carboxylic acids is 2. The van der Waals surface area contributed by atoms with Crippen molar-refractivity contribution in [2.75, 3.05) is 47.5 Å². The summed E-state index contributed by atoms with van der Waals surface area (Å²) >= 11 is 0. The molecule has 0 aromatic carbocycles. The van der Waals surface area contributed by atoms with Crippen LogP contribution in [0.1, 0.15) is 104 Å². The summed E-state index contributed by atoms with van der Waals surface area (Å²) in [4.78, 5) is 36.1. The fourth-order valence-electron chi connectivity index (χ4n) is 3.39. The number of phosphoric ester groups is 1. The Labute approximate surface area is 219 Å². The van der Waals surface area contributed by atoms with Crippen molar-refractivity contribution in [3.05, 3.63) is 0 Å². The highest BCUT2D eigenvalue weighted by atomic mass is 31.2. The third kappa shape index (κ3) is 23.4. The van der Waals surface area contributed by atoms with Crippen molar-refractivity contribution in [2.45, 2.75) is 110 Å². The van der Waals surface area contributed by atoms with E-state index >= 15 is 0 Å². The maximum absolute atomic E-state index is 12.3. The van der Waals surface area contributed by atoms with Crippen molar-refractivity contribution in [1.82, 2.24) is 0 Å². The first-order valence-electron chi connectivity index (χ1n) is 13.7. The highest BCUT2D eigenvalue weighted by molar-refractivity contribution is 7.45. The molecular formula is C26H52NO8P. The van der Waals surface area contributed by atoms with Gasteiger partial charge in [-0.1, -0.05) is 78.1 Å². The van der Waals surface area contributed by atoms with E-state index < -0.39 is 32.5 Å². The van der Waals surface area contributed by atoms with Crippen LogP contribution in [0.3, 0.4) is 0 Å². The van der Waals surface area contributed by atoms with Gasteiger partial charge in [-0.25, -0.2) is 0 Å². The maximum atomic E-state index is 12.3. The Hall–Kier alpha value is -0.990. The predicted molar refractivity (Wildman–Crippen MR) is 139 cm³/mol. The predicted octanol–water partition coefficient (Wildman–Crippen LogP) is 5.15. The Kier molecular flexibility index (Phi) is 20.4. The molecule has 214 valence electrons. The van der Waals surface area contributed by atoms with Gasteiger partial charge in [-0.05, 0) is 12.8 Å². The second-order valence-corrected chi connectivity index (χ2v) is 11.8. The van der Waals surface area contributed by atoms with Gasteiger partial charge < -0.3 is 27.9 Å².